The lowest BCUT2D eigenvalue weighted by Crippen LogP contribution is -2.38. The SMILES string of the molecule is CCOC(=O)[C@]1(Br)C[C@H](CCCCCCCCC(=O)OC)OC1=O. The molecule has 7 heteroatoms. The van der Waals surface area contributed by atoms with Crippen molar-refractivity contribution in [2.75, 3.05) is 13.7 Å². The molecule has 0 amide bonds. The van der Waals surface area contributed by atoms with Crippen LogP contribution < -0.4 is 0 Å². The predicted octanol–water partition coefficient (Wildman–Crippen LogP) is 3.29. The highest BCUT2D eigenvalue weighted by Gasteiger charge is 2.54. The molecule has 0 spiro atoms. The molecule has 1 saturated heterocycles. The molecule has 0 aromatic rings. The zero-order chi connectivity index (χ0) is 18.0. The van der Waals surface area contributed by atoms with Crippen LogP contribution in [0.2, 0.25) is 0 Å². The van der Waals surface area contributed by atoms with Crippen molar-refractivity contribution in [3.63, 3.8) is 0 Å². The maximum atomic E-state index is 11.9. The molecule has 1 aliphatic heterocycles. The standard InChI is InChI=1S/C17H27BrO6/c1-3-23-15(20)17(18)12-13(24-16(17)21)10-8-6-4-5-7-9-11-14(19)22-2/h13H,3-12H2,1-2H3/t13-,17+/m0/s1. The highest BCUT2D eigenvalue weighted by molar-refractivity contribution is 9.10. The van der Waals surface area contributed by atoms with Crippen LogP contribution in [0.1, 0.15) is 64.7 Å². The number of hydrogen-bond acceptors (Lipinski definition) is 6. The normalized spacial score (nSPS) is 23.0. The monoisotopic (exact) mass is 406 g/mol. The van der Waals surface area contributed by atoms with Crippen LogP contribution in [0.25, 0.3) is 0 Å². The number of cyclic esters (lactones) is 1. The average Bonchev–Trinajstić information content (AvgIpc) is 2.85. The molecule has 0 radical (unpaired) electrons. The lowest BCUT2D eigenvalue weighted by molar-refractivity contribution is -0.153. The van der Waals surface area contributed by atoms with Crippen LogP contribution in [0.15, 0.2) is 0 Å². The van der Waals surface area contributed by atoms with Crippen LogP contribution >= 0.6 is 15.9 Å². The molecule has 1 rings (SSSR count). The van der Waals surface area contributed by atoms with Gasteiger partial charge in [0.25, 0.3) is 0 Å². The number of hydrogen-bond donors (Lipinski definition) is 0. The summed E-state index contributed by atoms with van der Waals surface area (Å²) in [5.41, 5.74) is 0. The van der Waals surface area contributed by atoms with E-state index in [1.807, 2.05) is 0 Å². The zero-order valence-corrected chi connectivity index (χ0v) is 16.1. The highest BCUT2D eigenvalue weighted by Crippen LogP contribution is 2.37. The third-order valence-electron chi connectivity index (χ3n) is 4.09. The van der Waals surface area contributed by atoms with Crippen LogP contribution in [-0.2, 0) is 28.6 Å². The number of ether oxygens (including phenoxy) is 3. The summed E-state index contributed by atoms with van der Waals surface area (Å²) in [7, 11) is 1.40. The summed E-state index contributed by atoms with van der Waals surface area (Å²) in [6, 6.07) is 0. The first-order chi connectivity index (χ1) is 11.4. The van der Waals surface area contributed by atoms with Gasteiger partial charge >= 0.3 is 17.9 Å². The summed E-state index contributed by atoms with van der Waals surface area (Å²) >= 11 is 3.20. The Morgan fingerprint density at radius 2 is 1.83 bits per heavy atom. The minimum atomic E-state index is -1.33. The van der Waals surface area contributed by atoms with Gasteiger partial charge in [-0.15, -0.1) is 0 Å². The van der Waals surface area contributed by atoms with E-state index in [0.717, 1.165) is 44.9 Å². The van der Waals surface area contributed by atoms with E-state index in [1.165, 1.54) is 7.11 Å². The molecule has 0 bridgehead atoms. The second kappa shape index (κ2) is 10.7. The molecule has 24 heavy (non-hydrogen) atoms. The van der Waals surface area contributed by atoms with Crippen molar-refractivity contribution in [2.45, 2.75) is 75.1 Å². The third-order valence-corrected chi connectivity index (χ3v) is 5.06. The molecule has 1 heterocycles. The van der Waals surface area contributed by atoms with Gasteiger partial charge in [0.2, 0.25) is 4.32 Å². The van der Waals surface area contributed by atoms with E-state index < -0.39 is 16.3 Å². The fourth-order valence-electron chi connectivity index (χ4n) is 2.71. The summed E-state index contributed by atoms with van der Waals surface area (Å²) in [6.07, 6.45) is 7.34. The second-order valence-electron chi connectivity index (χ2n) is 5.99. The van der Waals surface area contributed by atoms with E-state index in [0.29, 0.717) is 12.8 Å². The molecule has 0 aliphatic carbocycles. The van der Waals surface area contributed by atoms with Gasteiger partial charge in [0, 0.05) is 12.8 Å². The molecule has 0 saturated carbocycles. The van der Waals surface area contributed by atoms with E-state index in [4.69, 9.17) is 9.47 Å². The minimum absolute atomic E-state index is 0.155. The van der Waals surface area contributed by atoms with Gasteiger partial charge in [-0.05, 0) is 26.2 Å². The van der Waals surface area contributed by atoms with E-state index >= 15 is 0 Å². The summed E-state index contributed by atoms with van der Waals surface area (Å²) in [4.78, 5) is 34.7. The van der Waals surface area contributed by atoms with E-state index in [1.54, 1.807) is 6.92 Å². The zero-order valence-electron chi connectivity index (χ0n) is 14.5. The topological polar surface area (TPSA) is 78.9 Å². The van der Waals surface area contributed by atoms with E-state index in [-0.39, 0.29) is 18.7 Å². The van der Waals surface area contributed by atoms with Crippen molar-refractivity contribution in [1.29, 1.82) is 0 Å². The Morgan fingerprint density at radius 3 is 2.46 bits per heavy atom. The first-order valence-corrected chi connectivity index (χ1v) is 9.37. The molecule has 0 N–H and O–H groups in total. The predicted molar refractivity (Wildman–Crippen MR) is 91.7 cm³/mol. The van der Waals surface area contributed by atoms with Crippen molar-refractivity contribution in [2.24, 2.45) is 0 Å². The number of carbonyl (C=O) groups is 3. The maximum absolute atomic E-state index is 11.9. The van der Waals surface area contributed by atoms with Crippen molar-refractivity contribution in [3.05, 3.63) is 0 Å². The summed E-state index contributed by atoms with van der Waals surface area (Å²) < 4.78 is 13.5. The number of rotatable bonds is 11. The summed E-state index contributed by atoms with van der Waals surface area (Å²) in [5.74, 6) is -1.27. The second-order valence-corrected chi connectivity index (χ2v) is 7.34. The van der Waals surface area contributed by atoms with Gasteiger partial charge in [0.1, 0.15) is 6.10 Å². The van der Waals surface area contributed by atoms with Crippen LogP contribution in [0.5, 0.6) is 0 Å². The van der Waals surface area contributed by atoms with E-state index in [2.05, 4.69) is 20.7 Å². The molecule has 0 aromatic heterocycles. The van der Waals surface area contributed by atoms with Gasteiger partial charge in [-0.3, -0.25) is 4.79 Å². The van der Waals surface area contributed by atoms with Gasteiger partial charge in [0.05, 0.1) is 13.7 Å². The first-order valence-electron chi connectivity index (χ1n) is 8.58. The molecular weight excluding hydrogens is 380 g/mol. The number of carbonyl (C=O) groups excluding carboxylic acids is 3. The number of unbranched alkanes of at least 4 members (excludes halogenated alkanes) is 5. The molecular formula is C17H27BrO6. The first kappa shape index (κ1) is 20.9. The Labute approximate surface area is 151 Å². The molecule has 6 nitrogen and oxygen atoms in total. The van der Waals surface area contributed by atoms with Gasteiger partial charge in [-0.1, -0.05) is 41.6 Å². The lowest BCUT2D eigenvalue weighted by atomic mass is 10.0. The maximum Gasteiger partial charge on any atom is 0.334 e. The highest BCUT2D eigenvalue weighted by atomic mass is 79.9. The molecule has 138 valence electrons. The summed E-state index contributed by atoms with van der Waals surface area (Å²) in [5, 5.41) is 0. The number of alkyl halides is 1. The quantitative estimate of drug-likeness (QED) is 0.172. The smallest absolute Gasteiger partial charge is 0.334 e. The molecule has 1 fully saturated rings. The van der Waals surface area contributed by atoms with Crippen molar-refractivity contribution >= 4 is 33.8 Å². The van der Waals surface area contributed by atoms with Crippen LogP contribution in [0.3, 0.4) is 0 Å². The summed E-state index contributed by atoms with van der Waals surface area (Å²) in [6.45, 7) is 1.94. The lowest BCUT2D eigenvalue weighted by Gasteiger charge is -2.14. The molecule has 1 aliphatic rings. The van der Waals surface area contributed by atoms with Crippen LogP contribution in [0.4, 0.5) is 0 Å². The Balaban J connectivity index is 2.13. The Hall–Kier alpha value is -1.11. The average molecular weight is 407 g/mol. The number of methoxy groups -OCH3 is 1. The third kappa shape index (κ3) is 6.42. The van der Waals surface area contributed by atoms with Gasteiger partial charge in [-0.25, -0.2) is 9.59 Å². The largest absolute Gasteiger partial charge is 0.469 e. The fourth-order valence-corrected chi connectivity index (χ4v) is 3.28. The number of halogens is 1. The van der Waals surface area contributed by atoms with Crippen LogP contribution in [-0.4, -0.2) is 42.1 Å². The van der Waals surface area contributed by atoms with Crippen molar-refractivity contribution in [1.82, 2.24) is 0 Å². The van der Waals surface area contributed by atoms with E-state index in [9.17, 15) is 14.4 Å². The van der Waals surface area contributed by atoms with Crippen LogP contribution in [0, 0.1) is 0 Å². The fraction of sp³-hybridized carbons (Fsp3) is 0.824. The van der Waals surface area contributed by atoms with Gasteiger partial charge in [0.15, 0.2) is 0 Å². The van der Waals surface area contributed by atoms with Gasteiger partial charge in [-0.2, -0.15) is 0 Å². The Bertz CT molecular complexity index is 439. The molecule has 2 atom stereocenters. The number of esters is 3. The van der Waals surface area contributed by atoms with Gasteiger partial charge < -0.3 is 14.2 Å². The van der Waals surface area contributed by atoms with Crippen molar-refractivity contribution < 1.29 is 28.6 Å². The minimum Gasteiger partial charge on any atom is -0.469 e. The Kier molecular flexibility index (Phi) is 9.33. The Morgan fingerprint density at radius 1 is 1.21 bits per heavy atom. The van der Waals surface area contributed by atoms with Crippen molar-refractivity contribution in [3.8, 4) is 0 Å². The molecule has 0 unspecified atom stereocenters. The molecule has 0 aromatic carbocycles.